The molecule has 10 heteroatoms. The molecule has 4 heterocycles. The fourth-order valence-corrected chi connectivity index (χ4v) is 7.77. The fourth-order valence-electron chi connectivity index (χ4n) is 7.49. The van der Waals surface area contributed by atoms with Gasteiger partial charge in [0.05, 0.1) is 35.8 Å². The number of benzene rings is 2. The van der Waals surface area contributed by atoms with Crippen LogP contribution >= 0.6 is 11.6 Å². The van der Waals surface area contributed by atoms with E-state index in [1.54, 1.807) is 4.90 Å². The Balaban J connectivity index is 1.23. The summed E-state index contributed by atoms with van der Waals surface area (Å²) < 4.78 is 6.46. The zero-order valence-electron chi connectivity index (χ0n) is 25.7. The number of nitriles is 1. The number of likely N-dealkylation sites (tertiary alicyclic amines) is 1. The van der Waals surface area contributed by atoms with Crippen molar-refractivity contribution in [2.45, 2.75) is 69.6 Å². The number of anilines is 2. The van der Waals surface area contributed by atoms with Crippen molar-refractivity contribution in [2.24, 2.45) is 0 Å². The van der Waals surface area contributed by atoms with E-state index in [2.05, 4.69) is 51.6 Å². The summed E-state index contributed by atoms with van der Waals surface area (Å²) in [4.78, 5) is 31.8. The minimum atomic E-state index is -0.241. The SMILES string of the molecule is C=CC(=O)N1CCN(c2nc(OC[C@@H]3CCCN3C3CC3)nc3c2CCCN(c2cccc4cccc(Cl)c24)C3)C[C@@H]1CC#N. The summed E-state index contributed by atoms with van der Waals surface area (Å²) in [6, 6.07) is 15.9. The Bertz CT molecular complexity index is 1630. The highest BCUT2D eigenvalue weighted by molar-refractivity contribution is 6.36. The second-order valence-electron chi connectivity index (χ2n) is 12.7. The van der Waals surface area contributed by atoms with Crippen LogP contribution in [0.5, 0.6) is 6.01 Å². The second-order valence-corrected chi connectivity index (χ2v) is 13.1. The number of fused-ring (bicyclic) bond motifs is 2. The number of piperazine rings is 1. The molecule has 0 N–H and O–H groups in total. The van der Waals surface area contributed by atoms with Crippen molar-refractivity contribution in [3.63, 3.8) is 0 Å². The van der Waals surface area contributed by atoms with E-state index in [4.69, 9.17) is 26.3 Å². The molecule has 0 spiro atoms. The van der Waals surface area contributed by atoms with Gasteiger partial charge in [0, 0.05) is 54.9 Å². The summed E-state index contributed by atoms with van der Waals surface area (Å²) in [5.74, 6) is 0.730. The summed E-state index contributed by atoms with van der Waals surface area (Å²) in [5, 5.41) is 12.5. The van der Waals surface area contributed by atoms with Gasteiger partial charge in [0.2, 0.25) is 5.91 Å². The third-order valence-corrected chi connectivity index (χ3v) is 10.1. The fraction of sp³-hybridized carbons (Fsp3) is 0.486. The van der Waals surface area contributed by atoms with Gasteiger partial charge in [-0.3, -0.25) is 9.69 Å². The molecule has 7 rings (SSSR count). The molecule has 3 aliphatic heterocycles. The van der Waals surface area contributed by atoms with Crippen LogP contribution in [0.2, 0.25) is 5.02 Å². The maximum Gasteiger partial charge on any atom is 0.318 e. The van der Waals surface area contributed by atoms with Crippen molar-refractivity contribution in [3.05, 3.63) is 65.3 Å². The van der Waals surface area contributed by atoms with Gasteiger partial charge in [-0.25, -0.2) is 0 Å². The molecule has 234 valence electrons. The highest BCUT2D eigenvalue weighted by atomic mass is 35.5. The lowest BCUT2D eigenvalue weighted by atomic mass is 10.1. The number of carbonyl (C=O) groups is 1. The zero-order valence-corrected chi connectivity index (χ0v) is 26.5. The van der Waals surface area contributed by atoms with Crippen LogP contribution in [0.1, 0.15) is 49.8 Å². The Hall–Kier alpha value is -3.87. The lowest BCUT2D eigenvalue weighted by Gasteiger charge is -2.41. The summed E-state index contributed by atoms with van der Waals surface area (Å²) in [7, 11) is 0. The third-order valence-electron chi connectivity index (χ3n) is 9.83. The third kappa shape index (κ3) is 6.06. The van der Waals surface area contributed by atoms with E-state index >= 15 is 0 Å². The molecule has 2 atom stereocenters. The summed E-state index contributed by atoms with van der Waals surface area (Å²) in [6.07, 6.45) is 8.26. The van der Waals surface area contributed by atoms with Crippen LogP contribution in [0.4, 0.5) is 11.5 Å². The van der Waals surface area contributed by atoms with Crippen molar-refractivity contribution in [3.8, 4) is 12.1 Å². The Morgan fingerprint density at radius 1 is 1.04 bits per heavy atom. The van der Waals surface area contributed by atoms with E-state index in [0.29, 0.717) is 50.9 Å². The molecule has 2 saturated heterocycles. The number of hydrogen-bond acceptors (Lipinski definition) is 8. The van der Waals surface area contributed by atoms with Crippen LogP contribution in [0.3, 0.4) is 0 Å². The van der Waals surface area contributed by atoms with Crippen LogP contribution in [-0.2, 0) is 17.8 Å². The van der Waals surface area contributed by atoms with Crippen LogP contribution < -0.4 is 14.5 Å². The highest BCUT2D eigenvalue weighted by Gasteiger charge is 2.37. The number of amides is 1. The molecule has 0 radical (unpaired) electrons. The Morgan fingerprint density at radius 2 is 1.89 bits per heavy atom. The molecule has 0 unspecified atom stereocenters. The van der Waals surface area contributed by atoms with Gasteiger partial charge in [-0.2, -0.15) is 15.2 Å². The first-order chi connectivity index (χ1) is 22.0. The molecule has 1 amide bonds. The van der Waals surface area contributed by atoms with Crippen LogP contribution in [-0.4, -0.2) is 83.1 Å². The normalized spacial score (nSPS) is 22.2. The maximum atomic E-state index is 12.6. The number of halogens is 1. The zero-order chi connectivity index (χ0) is 30.9. The molecular weight excluding hydrogens is 586 g/mol. The van der Waals surface area contributed by atoms with E-state index in [1.807, 2.05) is 12.1 Å². The van der Waals surface area contributed by atoms with E-state index in [0.717, 1.165) is 70.9 Å². The largest absolute Gasteiger partial charge is 0.462 e. The average Bonchev–Trinajstić information content (AvgIpc) is 3.84. The van der Waals surface area contributed by atoms with Gasteiger partial charge in [0.25, 0.3) is 0 Å². The number of rotatable bonds is 8. The number of ether oxygens (including phenoxy) is 1. The lowest BCUT2D eigenvalue weighted by molar-refractivity contribution is -0.128. The van der Waals surface area contributed by atoms with Crippen LogP contribution in [0.15, 0.2) is 49.1 Å². The Kier molecular flexibility index (Phi) is 8.52. The van der Waals surface area contributed by atoms with Crippen LogP contribution in [0, 0.1) is 11.3 Å². The van der Waals surface area contributed by atoms with Gasteiger partial charge in [-0.15, -0.1) is 0 Å². The Labute approximate surface area is 270 Å². The monoisotopic (exact) mass is 625 g/mol. The van der Waals surface area contributed by atoms with Crippen LogP contribution in [0.25, 0.3) is 10.8 Å². The smallest absolute Gasteiger partial charge is 0.318 e. The van der Waals surface area contributed by atoms with Gasteiger partial charge < -0.3 is 19.4 Å². The lowest BCUT2D eigenvalue weighted by Crippen LogP contribution is -2.55. The molecular formula is C35H40ClN7O2. The van der Waals surface area contributed by atoms with E-state index in [-0.39, 0.29) is 18.4 Å². The number of nitrogens with zero attached hydrogens (tertiary/aromatic N) is 7. The average molecular weight is 626 g/mol. The van der Waals surface area contributed by atoms with Gasteiger partial charge >= 0.3 is 6.01 Å². The molecule has 45 heavy (non-hydrogen) atoms. The van der Waals surface area contributed by atoms with E-state index in [9.17, 15) is 10.1 Å². The van der Waals surface area contributed by atoms with E-state index < -0.39 is 0 Å². The van der Waals surface area contributed by atoms with Crippen molar-refractivity contribution >= 4 is 39.8 Å². The van der Waals surface area contributed by atoms with E-state index in [1.165, 1.54) is 25.3 Å². The molecule has 2 aromatic carbocycles. The number of carbonyl (C=O) groups excluding carboxylic acids is 1. The summed E-state index contributed by atoms with van der Waals surface area (Å²) >= 11 is 6.76. The van der Waals surface area contributed by atoms with Gasteiger partial charge in [-0.05, 0) is 68.7 Å². The molecule has 4 aliphatic rings. The van der Waals surface area contributed by atoms with Crippen molar-refractivity contribution in [2.75, 3.05) is 49.1 Å². The van der Waals surface area contributed by atoms with Gasteiger partial charge in [0.15, 0.2) is 0 Å². The predicted molar refractivity (Wildman–Crippen MR) is 177 cm³/mol. The molecule has 1 aromatic heterocycles. The number of hydrogen-bond donors (Lipinski definition) is 0. The molecule has 9 nitrogen and oxygen atoms in total. The molecule has 1 aliphatic carbocycles. The first kappa shape index (κ1) is 29.8. The van der Waals surface area contributed by atoms with Crippen molar-refractivity contribution in [1.82, 2.24) is 19.8 Å². The number of aromatic nitrogens is 2. The standard InChI is InChI=1S/C35H40ClN7O2/c1-2-32(44)43-20-19-41(21-26(43)15-16-37)34-28-10-6-17-40(31-12-4-8-24-7-3-11-29(36)33(24)31)22-30(28)38-35(39-34)45-23-27-9-5-18-42(27)25-13-14-25/h2-4,7-8,11-12,25-27H,1,5-6,9-10,13-15,17-23H2/t26-,27-/m0/s1. The Morgan fingerprint density at radius 3 is 2.69 bits per heavy atom. The van der Waals surface area contributed by atoms with Gasteiger partial charge in [0.1, 0.15) is 12.4 Å². The topological polar surface area (TPSA) is 88.8 Å². The maximum absolute atomic E-state index is 12.6. The predicted octanol–water partition coefficient (Wildman–Crippen LogP) is 5.36. The summed E-state index contributed by atoms with van der Waals surface area (Å²) in [5.41, 5.74) is 3.18. The highest BCUT2D eigenvalue weighted by Crippen LogP contribution is 2.37. The second kappa shape index (κ2) is 12.9. The van der Waals surface area contributed by atoms with Crippen molar-refractivity contribution in [1.29, 1.82) is 5.26 Å². The quantitative estimate of drug-likeness (QED) is 0.309. The molecule has 3 aromatic rings. The van der Waals surface area contributed by atoms with Gasteiger partial charge in [-0.1, -0.05) is 42.4 Å². The first-order valence-corrected chi connectivity index (χ1v) is 16.7. The minimum absolute atomic E-state index is 0.137. The molecule has 3 fully saturated rings. The summed E-state index contributed by atoms with van der Waals surface area (Å²) in [6.45, 7) is 8.51. The first-order valence-electron chi connectivity index (χ1n) is 16.3. The minimum Gasteiger partial charge on any atom is -0.462 e. The molecule has 0 bridgehead atoms. The van der Waals surface area contributed by atoms with Crippen molar-refractivity contribution < 1.29 is 9.53 Å². The molecule has 1 saturated carbocycles.